The molecule has 7 nitrogen and oxygen atoms in total. The van der Waals surface area contributed by atoms with Crippen molar-refractivity contribution >= 4 is 71.9 Å². The summed E-state index contributed by atoms with van der Waals surface area (Å²) in [5.41, 5.74) is 2.92. The van der Waals surface area contributed by atoms with Gasteiger partial charge in [0, 0.05) is 11.3 Å². The first-order valence-corrected chi connectivity index (χ1v) is 14.2. The molecule has 0 fully saturated rings. The lowest BCUT2D eigenvalue weighted by Gasteiger charge is -2.17. The summed E-state index contributed by atoms with van der Waals surface area (Å²) in [5.74, 6) is -1.25. The van der Waals surface area contributed by atoms with E-state index in [1.807, 2.05) is 55.5 Å². The number of nitrogens with zero attached hydrogens (tertiary/aromatic N) is 2. The number of carboxylic acids is 1. The molecule has 35 heavy (non-hydrogen) atoms. The van der Waals surface area contributed by atoms with Crippen molar-refractivity contribution in [3.8, 4) is 0 Å². The molecule has 2 N–H and O–H groups in total. The average Bonchev–Trinajstić information content (AvgIpc) is 3.31. The van der Waals surface area contributed by atoms with Gasteiger partial charge in [0.05, 0.1) is 27.9 Å². The van der Waals surface area contributed by atoms with Crippen LogP contribution in [-0.4, -0.2) is 36.3 Å². The van der Waals surface area contributed by atoms with E-state index in [2.05, 4.69) is 16.7 Å². The lowest BCUT2D eigenvalue weighted by molar-refractivity contribution is -0.667. The highest BCUT2D eigenvalue weighted by Crippen LogP contribution is 2.47. The van der Waals surface area contributed by atoms with Gasteiger partial charge < -0.3 is 10.0 Å². The molecule has 2 heterocycles. The number of aromatic nitrogens is 1. The van der Waals surface area contributed by atoms with E-state index in [-0.39, 0.29) is 18.7 Å². The number of aliphatic carboxylic acids is 1. The van der Waals surface area contributed by atoms with Gasteiger partial charge in [0.15, 0.2) is 6.54 Å². The van der Waals surface area contributed by atoms with E-state index in [9.17, 15) is 22.9 Å². The van der Waals surface area contributed by atoms with Gasteiger partial charge in [-0.25, -0.2) is 0 Å². The number of carboxylic acid groups (broad SMARTS) is 1. The molecule has 0 amide bonds. The van der Waals surface area contributed by atoms with E-state index < -0.39 is 16.1 Å². The summed E-state index contributed by atoms with van der Waals surface area (Å²) < 4.78 is 35.1. The minimum Gasteiger partial charge on any atom is -0.480 e. The van der Waals surface area contributed by atoms with Crippen LogP contribution in [0.2, 0.25) is 0 Å². The third kappa shape index (κ3) is 4.92. The van der Waals surface area contributed by atoms with Crippen LogP contribution in [0.25, 0.3) is 27.1 Å². The van der Waals surface area contributed by atoms with Gasteiger partial charge in [-0.15, -0.1) is 0 Å². The minimum atomic E-state index is -4.07. The van der Waals surface area contributed by atoms with Gasteiger partial charge >= 0.3 is 5.97 Å². The monoisotopic (exact) mass is 527 g/mol. The fourth-order valence-electron chi connectivity index (χ4n) is 4.33. The second kappa shape index (κ2) is 9.27. The fourth-order valence-corrected chi connectivity index (χ4v) is 7.12. The van der Waals surface area contributed by atoms with Gasteiger partial charge in [0.25, 0.3) is 15.1 Å². The van der Waals surface area contributed by atoms with Crippen molar-refractivity contribution < 1.29 is 27.4 Å². The Labute approximate surface area is 211 Å². The zero-order chi connectivity index (χ0) is 24.7. The summed E-state index contributed by atoms with van der Waals surface area (Å²) in [5, 5.41) is 13.4. The summed E-state index contributed by atoms with van der Waals surface area (Å²) in [6.45, 7) is 2.21. The van der Waals surface area contributed by atoms with Crippen molar-refractivity contribution in [1.82, 2.24) is 0 Å². The molecule has 5 rings (SSSR count). The highest BCUT2D eigenvalue weighted by Gasteiger charge is 2.30. The summed E-state index contributed by atoms with van der Waals surface area (Å²) in [7, 11) is -4.07. The molecule has 0 unspecified atom stereocenters. The van der Waals surface area contributed by atoms with Crippen molar-refractivity contribution in [2.24, 2.45) is 0 Å². The third-order valence-electron chi connectivity index (χ3n) is 5.82. The van der Waals surface area contributed by atoms with Crippen molar-refractivity contribution in [2.75, 3.05) is 17.2 Å². The van der Waals surface area contributed by atoms with Gasteiger partial charge in [0.1, 0.15) is 11.2 Å². The van der Waals surface area contributed by atoms with Crippen LogP contribution in [0.5, 0.6) is 0 Å². The molecule has 0 bridgehead atoms. The van der Waals surface area contributed by atoms with Crippen molar-refractivity contribution in [3.05, 3.63) is 70.2 Å². The van der Waals surface area contributed by atoms with Crippen LogP contribution in [0.4, 0.5) is 5.69 Å². The molecule has 1 aliphatic heterocycles. The minimum absolute atomic E-state index is 0.161. The number of fused-ring (bicyclic) bond motifs is 4. The van der Waals surface area contributed by atoms with Crippen LogP contribution in [-0.2, 0) is 21.5 Å². The van der Waals surface area contributed by atoms with Crippen molar-refractivity contribution in [3.63, 3.8) is 0 Å². The molecule has 1 aromatic heterocycles. The zero-order valence-corrected chi connectivity index (χ0v) is 21.3. The summed E-state index contributed by atoms with van der Waals surface area (Å²) >= 11 is 3.09. The zero-order valence-electron chi connectivity index (χ0n) is 18.8. The average molecular weight is 528 g/mol. The smallest absolute Gasteiger partial charge is 0.323 e. The molecule has 0 saturated carbocycles. The van der Waals surface area contributed by atoms with Crippen LogP contribution in [0.3, 0.4) is 0 Å². The number of aryl methyl sites for hydroxylation is 2. The number of thiazole rings is 1. The van der Waals surface area contributed by atoms with Gasteiger partial charge in [-0.05, 0) is 42.1 Å². The maximum absolute atomic E-state index is 11.7. The maximum atomic E-state index is 11.7. The molecule has 0 radical (unpaired) electrons. The highest BCUT2D eigenvalue weighted by molar-refractivity contribution is 8.03. The number of rotatable bonds is 7. The van der Waals surface area contributed by atoms with Crippen LogP contribution in [0, 0.1) is 6.92 Å². The number of hydrogen-bond acceptors (Lipinski definition) is 6. The van der Waals surface area contributed by atoms with Gasteiger partial charge in [-0.1, -0.05) is 53.4 Å². The third-order valence-corrected chi connectivity index (χ3v) is 8.84. The van der Waals surface area contributed by atoms with E-state index in [4.69, 9.17) is 0 Å². The number of benzene rings is 3. The fraction of sp³-hybridized carbons (Fsp3) is 0.200. The number of thioether (sulfide) groups is 1. The van der Waals surface area contributed by atoms with Crippen molar-refractivity contribution in [2.45, 2.75) is 24.8 Å². The molecule has 3 aromatic carbocycles. The van der Waals surface area contributed by atoms with Gasteiger partial charge in [-0.2, -0.15) is 13.0 Å². The standard InChI is InChI=1S/C25H22N2O5S3/c1-16-7-9-20-19(13-16)27(15-24(28)29)23(33-20)14-22-26(11-4-12-35(30,31)32)25-18-6-3-2-5-17(18)8-10-21(25)34-22/h2-3,5-10,13-14H,4,11-12,15H2,1H3,(H-,28,29,30,31,32)/p+1. The quantitative estimate of drug-likeness (QED) is 0.260. The Morgan fingerprint density at radius 2 is 1.94 bits per heavy atom. The number of carbonyl (C=O) groups is 1. The van der Waals surface area contributed by atoms with Gasteiger partial charge in [-0.3, -0.25) is 9.35 Å². The SMILES string of the molecule is Cc1ccc2c(c1)N(CC(=O)O)C(=Cc1sc3ccc4ccccc4c3[n+]1CCCS(=O)(=O)O)S2. The topological polar surface area (TPSA) is 98.8 Å². The molecule has 180 valence electrons. The number of anilines is 1. The lowest BCUT2D eigenvalue weighted by Crippen LogP contribution is -2.36. The Hall–Kier alpha value is -2.92. The highest BCUT2D eigenvalue weighted by atomic mass is 32.2. The summed E-state index contributed by atoms with van der Waals surface area (Å²) in [4.78, 5) is 14.5. The van der Waals surface area contributed by atoms with Crippen LogP contribution in [0.1, 0.15) is 17.0 Å². The van der Waals surface area contributed by atoms with Gasteiger partial charge in [0.2, 0.25) is 5.52 Å². The first-order chi connectivity index (χ1) is 16.7. The first-order valence-electron chi connectivity index (χ1n) is 11.0. The lowest BCUT2D eigenvalue weighted by atomic mass is 10.1. The molecular formula is C25H23N2O5S3+. The van der Waals surface area contributed by atoms with E-state index >= 15 is 0 Å². The molecular weight excluding hydrogens is 504 g/mol. The molecule has 0 atom stereocenters. The predicted molar refractivity (Wildman–Crippen MR) is 141 cm³/mol. The van der Waals surface area contributed by atoms with E-state index in [1.54, 1.807) is 16.2 Å². The Kier molecular flexibility index (Phi) is 6.30. The number of hydrogen-bond donors (Lipinski definition) is 2. The molecule has 4 aromatic rings. The molecule has 1 aliphatic rings. The summed E-state index contributed by atoms with van der Waals surface area (Å²) in [6, 6.07) is 18.1. The van der Waals surface area contributed by atoms with Crippen LogP contribution < -0.4 is 9.47 Å². The maximum Gasteiger partial charge on any atom is 0.323 e. The predicted octanol–water partition coefficient (Wildman–Crippen LogP) is 4.92. The van der Waals surface area contributed by atoms with E-state index in [0.29, 0.717) is 6.54 Å². The van der Waals surface area contributed by atoms with E-state index in [1.165, 1.54) is 11.8 Å². The molecule has 10 heteroatoms. The Morgan fingerprint density at radius 1 is 1.14 bits per heavy atom. The van der Waals surface area contributed by atoms with Crippen LogP contribution in [0.15, 0.2) is 64.5 Å². The Balaban J connectivity index is 1.65. The molecule has 0 spiro atoms. The first kappa shape index (κ1) is 23.8. The van der Waals surface area contributed by atoms with Crippen molar-refractivity contribution in [1.29, 1.82) is 0 Å². The normalized spacial score (nSPS) is 14.8. The second-order valence-electron chi connectivity index (χ2n) is 8.40. The molecule has 0 saturated heterocycles. The Morgan fingerprint density at radius 3 is 2.71 bits per heavy atom. The van der Waals surface area contributed by atoms with E-state index in [0.717, 1.165) is 47.2 Å². The summed E-state index contributed by atoms with van der Waals surface area (Å²) in [6.07, 6.45) is 2.23. The van der Waals surface area contributed by atoms with Crippen LogP contribution >= 0.6 is 23.1 Å². The Bertz CT molecular complexity index is 1610. The largest absolute Gasteiger partial charge is 0.480 e. The molecule has 0 aliphatic carbocycles. The second-order valence-corrected chi connectivity index (χ2v) is 12.1.